The molecule has 0 aliphatic carbocycles. The summed E-state index contributed by atoms with van der Waals surface area (Å²) in [7, 11) is 0. The highest BCUT2D eigenvalue weighted by Gasteiger charge is 2.08. The van der Waals surface area contributed by atoms with Crippen LogP contribution in [0.15, 0.2) is 57.4 Å². The Morgan fingerprint density at radius 1 is 0.727 bits per heavy atom. The lowest BCUT2D eigenvalue weighted by atomic mass is 10.0. The van der Waals surface area contributed by atoms with Crippen molar-refractivity contribution < 1.29 is 14.4 Å². The molecule has 2 rings (SSSR count). The first-order valence-electron chi connectivity index (χ1n) is 6.23. The van der Waals surface area contributed by atoms with E-state index in [4.69, 9.17) is 0 Å². The van der Waals surface area contributed by atoms with E-state index in [0.29, 0.717) is 29.0 Å². The minimum atomic E-state index is 0.340. The molecule has 22 heavy (non-hydrogen) atoms. The van der Waals surface area contributed by atoms with Crippen LogP contribution < -0.4 is 0 Å². The second-order valence-electron chi connectivity index (χ2n) is 4.23. The van der Waals surface area contributed by atoms with Gasteiger partial charge in [-0.05, 0) is 29.3 Å². The van der Waals surface area contributed by atoms with E-state index in [1.807, 2.05) is 12.1 Å². The van der Waals surface area contributed by atoms with E-state index in [2.05, 4.69) is 15.0 Å². The van der Waals surface area contributed by atoms with Crippen LogP contribution in [-0.4, -0.2) is 18.2 Å². The van der Waals surface area contributed by atoms with Crippen LogP contribution in [-0.2, 0) is 20.8 Å². The Bertz CT molecular complexity index is 841. The van der Waals surface area contributed by atoms with E-state index >= 15 is 0 Å². The van der Waals surface area contributed by atoms with Crippen molar-refractivity contribution in [3.05, 3.63) is 53.6 Å². The highest BCUT2D eigenvalue weighted by atomic mass is 16.1. The molecule has 0 atom stereocenters. The van der Waals surface area contributed by atoms with Gasteiger partial charge >= 0.3 is 0 Å². The van der Waals surface area contributed by atoms with Crippen LogP contribution in [0.1, 0.15) is 11.1 Å². The smallest absolute Gasteiger partial charge is 0.211 e. The fraction of sp³-hybridized carbons (Fsp3) is 0.0625. The largest absolute Gasteiger partial charge is 0.240 e. The van der Waals surface area contributed by atoms with E-state index < -0.39 is 0 Å². The molecular formula is C16H9N3O3. The second kappa shape index (κ2) is 7.39. The van der Waals surface area contributed by atoms with Gasteiger partial charge in [0.2, 0.25) is 18.2 Å². The lowest BCUT2D eigenvalue weighted by Crippen LogP contribution is -1.89. The quantitative estimate of drug-likeness (QED) is 0.626. The molecule has 0 spiro atoms. The number of isocyanates is 3. The van der Waals surface area contributed by atoms with Gasteiger partial charge in [-0.2, -0.15) is 15.0 Å². The fourth-order valence-corrected chi connectivity index (χ4v) is 2.00. The zero-order valence-corrected chi connectivity index (χ0v) is 11.3. The van der Waals surface area contributed by atoms with Gasteiger partial charge in [0, 0.05) is 6.42 Å². The number of nitrogens with zero attached hydrogens (tertiary/aromatic N) is 3. The van der Waals surface area contributed by atoms with E-state index in [-0.39, 0.29) is 0 Å². The zero-order chi connectivity index (χ0) is 15.8. The predicted molar refractivity (Wildman–Crippen MR) is 79.0 cm³/mol. The Morgan fingerprint density at radius 2 is 1.36 bits per heavy atom. The fourth-order valence-electron chi connectivity index (χ4n) is 2.00. The number of benzene rings is 2. The maximum absolute atomic E-state index is 10.5. The maximum atomic E-state index is 10.5. The van der Waals surface area contributed by atoms with E-state index in [1.165, 1.54) is 24.3 Å². The third kappa shape index (κ3) is 3.57. The van der Waals surface area contributed by atoms with Crippen LogP contribution in [0.2, 0.25) is 0 Å². The van der Waals surface area contributed by atoms with E-state index in [1.54, 1.807) is 24.3 Å². The van der Waals surface area contributed by atoms with Gasteiger partial charge in [0.15, 0.2) is 0 Å². The first kappa shape index (κ1) is 15.0. The summed E-state index contributed by atoms with van der Waals surface area (Å²) in [6.45, 7) is 0. The third-order valence-corrected chi connectivity index (χ3v) is 2.95. The second-order valence-corrected chi connectivity index (χ2v) is 4.23. The Kier molecular flexibility index (Phi) is 5.03. The molecule has 0 aliphatic heterocycles. The first-order valence-corrected chi connectivity index (χ1v) is 6.23. The molecule has 2 aromatic rings. The van der Waals surface area contributed by atoms with Crippen molar-refractivity contribution in [2.24, 2.45) is 15.0 Å². The lowest BCUT2D eigenvalue weighted by Gasteiger charge is -2.07. The highest BCUT2D eigenvalue weighted by molar-refractivity contribution is 5.64. The standard InChI is InChI=1S/C16H9N3O3/c20-9-17-14-6-5-13(16(8-14)19-11-22)7-12-3-1-2-4-15(12)18-10-21/h1-6,8H,7H2. The van der Waals surface area contributed by atoms with Gasteiger partial charge in [-0.25, -0.2) is 14.4 Å². The van der Waals surface area contributed by atoms with Gasteiger partial charge in [0.25, 0.3) is 0 Å². The van der Waals surface area contributed by atoms with Gasteiger partial charge in [-0.3, -0.25) is 0 Å². The molecular weight excluding hydrogens is 282 g/mol. The van der Waals surface area contributed by atoms with Gasteiger partial charge in [0.05, 0.1) is 17.1 Å². The summed E-state index contributed by atoms with van der Waals surface area (Å²) >= 11 is 0. The summed E-state index contributed by atoms with van der Waals surface area (Å²) in [5.41, 5.74) is 2.67. The van der Waals surface area contributed by atoms with Crippen molar-refractivity contribution in [3.63, 3.8) is 0 Å². The monoisotopic (exact) mass is 291 g/mol. The number of hydrogen-bond acceptors (Lipinski definition) is 6. The Balaban J connectivity index is 2.47. The molecule has 6 heteroatoms. The van der Waals surface area contributed by atoms with Crippen molar-refractivity contribution >= 4 is 35.3 Å². The summed E-state index contributed by atoms with van der Waals surface area (Å²) in [4.78, 5) is 42.0. The van der Waals surface area contributed by atoms with Crippen LogP contribution >= 0.6 is 0 Å². The molecule has 0 unspecified atom stereocenters. The lowest BCUT2D eigenvalue weighted by molar-refractivity contribution is 0.564. The number of rotatable bonds is 5. The molecule has 106 valence electrons. The Hall–Kier alpha value is -3.42. The molecule has 2 aromatic carbocycles. The summed E-state index contributed by atoms with van der Waals surface area (Å²) < 4.78 is 0. The minimum Gasteiger partial charge on any atom is -0.211 e. The maximum Gasteiger partial charge on any atom is 0.240 e. The van der Waals surface area contributed by atoms with Gasteiger partial charge < -0.3 is 0 Å². The molecule has 0 bridgehead atoms. The average molecular weight is 291 g/mol. The number of carbonyl (C=O) groups excluding carboxylic acids is 3. The molecule has 0 amide bonds. The van der Waals surface area contributed by atoms with Gasteiger partial charge in [0.1, 0.15) is 0 Å². The molecule has 6 nitrogen and oxygen atoms in total. The first-order chi connectivity index (χ1) is 10.8. The van der Waals surface area contributed by atoms with Crippen molar-refractivity contribution in [2.75, 3.05) is 0 Å². The summed E-state index contributed by atoms with van der Waals surface area (Å²) in [5, 5.41) is 0. The van der Waals surface area contributed by atoms with Crippen LogP contribution in [0.25, 0.3) is 0 Å². The van der Waals surface area contributed by atoms with Gasteiger partial charge in [-0.15, -0.1) is 0 Å². The molecule has 0 heterocycles. The van der Waals surface area contributed by atoms with Crippen molar-refractivity contribution in [1.82, 2.24) is 0 Å². The Morgan fingerprint density at radius 3 is 2.09 bits per heavy atom. The van der Waals surface area contributed by atoms with Gasteiger partial charge in [-0.1, -0.05) is 24.3 Å². The summed E-state index contributed by atoms with van der Waals surface area (Å²) in [6.07, 6.45) is 4.80. The molecule has 0 N–H and O–H groups in total. The number of para-hydroxylation sites is 1. The normalized spacial score (nSPS) is 9.09. The zero-order valence-electron chi connectivity index (χ0n) is 11.3. The minimum absolute atomic E-state index is 0.340. The van der Waals surface area contributed by atoms with E-state index in [0.717, 1.165) is 5.56 Å². The topological polar surface area (TPSA) is 88.3 Å². The highest BCUT2D eigenvalue weighted by Crippen LogP contribution is 2.29. The van der Waals surface area contributed by atoms with Crippen LogP contribution in [0.3, 0.4) is 0 Å². The molecule has 0 saturated heterocycles. The van der Waals surface area contributed by atoms with Crippen molar-refractivity contribution in [2.45, 2.75) is 6.42 Å². The molecule has 0 radical (unpaired) electrons. The number of aliphatic imine (C=N–C) groups is 3. The molecule has 0 saturated carbocycles. The summed E-state index contributed by atoms with van der Waals surface area (Å²) in [5.74, 6) is 0. The van der Waals surface area contributed by atoms with Crippen molar-refractivity contribution in [3.8, 4) is 0 Å². The molecule has 0 aromatic heterocycles. The summed E-state index contributed by atoms with van der Waals surface area (Å²) in [6, 6.07) is 11.8. The average Bonchev–Trinajstić information content (AvgIpc) is 2.52. The number of hydrogen-bond donors (Lipinski definition) is 0. The van der Waals surface area contributed by atoms with E-state index in [9.17, 15) is 14.4 Å². The molecule has 0 aliphatic rings. The SMILES string of the molecule is O=C=Nc1ccc(Cc2ccccc2N=C=O)c(N=C=O)c1. The predicted octanol–water partition coefficient (Wildman–Crippen LogP) is 3.18. The van der Waals surface area contributed by atoms with Crippen LogP contribution in [0.5, 0.6) is 0 Å². The van der Waals surface area contributed by atoms with Crippen LogP contribution in [0, 0.1) is 0 Å². The van der Waals surface area contributed by atoms with Crippen LogP contribution in [0.4, 0.5) is 17.1 Å². The Labute approximate surface area is 125 Å². The van der Waals surface area contributed by atoms with Crippen molar-refractivity contribution in [1.29, 1.82) is 0 Å². The third-order valence-electron chi connectivity index (χ3n) is 2.95. The molecule has 0 fully saturated rings.